The van der Waals surface area contributed by atoms with Crippen molar-refractivity contribution in [3.63, 3.8) is 0 Å². The molecule has 0 bridgehead atoms. The first kappa shape index (κ1) is 27.3. The number of aromatic nitrogens is 1. The second-order valence-electron chi connectivity index (χ2n) is 10.3. The second-order valence-corrected chi connectivity index (χ2v) is 10.3. The van der Waals surface area contributed by atoms with Gasteiger partial charge in [-0.1, -0.05) is 30.3 Å². The smallest absolute Gasteiger partial charge is 0.342 e. The molecule has 1 aliphatic rings. The maximum Gasteiger partial charge on any atom is 0.342 e. The summed E-state index contributed by atoms with van der Waals surface area (Å²) in [4.78, 5) is 34.9. The number of piperazine rings is 1. The van der Waals surface area contributed by atoms with E-state index in [1.165, 1.54) is 7.11 Å². The average molecular weight is 521 g/mol. The van der Waals surface area contributed by atoms with E-state index in [9.17, 15) is 9.59 Å². The number of hydrogen-bond acceptors (Lipinski definition) is 8. The molecular weight excluding hydrogens is 484 g/mol. The highest BCUT2D eigenvalue weighted by Crippen LogP contribution is 2.35. The Morgan fingerprint density at radius 2 is 1.74 bits per heavy atom. The van der Waals surface area contributed by atoms with Crippen LogP contribution in [0.3, 0.4) is 0 Å². The van der Waals surface area contributed by atoms with Crippen LogP contribution in [0.2, 0.25) is 0 Å². The molecule has 0 saturated carbocycles. The van der Waals surface area contributed by atoms with E-state index in [1.807, 2.05) is 18.2 Å². The minimum absolute atomic E-state index is 0.108. The Morgan fingerprint density at radius 1 is 1.00 bits per heavy atom. The number of nitrogens with two attached hydrogens (primary N) is 1. The van der Waals surface area contributed by atoms with Crippen LogP contribution >= 0.6 is 0 Å². The standard InChI is InChI=1S/C29H36N4O5/c1-29(2,3)38-28(35)26-21(17-30)10-12-24(36-4)27(26)37-19-25(34)33-15-13-32(14-16-33)18-22-11-9-20-7-5-6-8-23(20)31-22/h5-12H,13-19,30H2,1-4H3. The van der Waals surface area contributed by atoms with E-state index in [-0.39, 0.29) is 30.4 Å². The maximum absolute atomic E-state index is 13.0. The number of methoxy groups -OCH3 is 1. The number of esters is 1. The van der Waals surface area contributed by atoms with Crippen molar-refractivity contribution in [2.75, 3.05) is 39.9 Å². The van der Waals surface area contributed by atoms with Gasteiger partial charge in [0.25, 0.3) is 5.91 Å². The lowest BCUT2D eigenvalue weighted by Gasteiger charge is -2.34. The summed E-state index contributed by atoms with van der Waals surface area (Å²) in [6.45, 7) is 8.58. The molecule has 1 amide bonds. The van der Waals surface area contributed by atoms with Crippen molar-refractivity contribution in [1.82, 2.24) is 14.8 Å². The van der Waals surface area contributed by atoms with E-state index in [1.54, 1.807) is 37.8 Å². The van der Waals surface area contributed by atoms with Gasteiger partial charge in [-0.25, -0.2) is 4.79 Å². The number of carbonyl (C=O) groups excluding carboxylic acids is 2. The zero-order valence-electron chi connectivity index (χ0n) is 22.5. The van der Waals surface area contributed by atoms with E-state index in [2.05, 4.69) is 23.1 Å². The maximum atomic E-state index is 13.0. The molecule has 202 valence electrons. The molecule has 9 heteroatoms. The summed E-state index contributed by atoms with van der Waals surface area (Å²) in [6, 6.07) is 15.6. The number of pyridine rings is 1. The van der Waals surface area contributed by atoms with Crippen molar-refractivity contribution in [2.24, 2.45) is 5.73 Å². The molecule has 2 heterocycles. The van der Waals surface area contributed by atoms with Crippen LogP contribution in [-0.2, 0) is 22.6 Å². The lowest BCUT2D eigenvalue weighted by atomic mass is 10.0. The topological polar surface area (TPSA) is 107 Å². The number of nitrogens with zero attached hydrogens (tertiary/aromatic N) is 3. The van der Waals surface area contributed by atoms with E-state index in [0.29, 0.717) is 24.4 Å². The van der Waals surface area contributed by atoms with E-state index < -0.39 is 11.6 Å². The molecule has 1 aliphatic heterocycles. The Balaban J connectivity index is 1.38. The van der Waals surface area contributed by atoms with Crippen LogP contribution in [0.4, 0.5) is 0 Å². The van der Waals surface area contributed by atoms with Gasteiger partial charge in [0, 0.05) is 44.7 Å². The van der Waals surface area contributed by atoms with Crippen LogP contribution in [0.25, 0.3) is 10.9 Å². The van der Waals surface area contributed by atoms with Crippen molar-refractivity contribution in [3.05, 3.63) is 65.4 Å². The molecule has 0 radical (unpaired) electrons. The first-order valence-electron chi connectivity index (χ1n) is 12.8. The van der Waals surface area contributed by atoms with Crippen LogP contribution in [0.5, 0.6) is 11.5 Å². The van der Waals surface area contributed by atoms with E-state index in [4.69, 9.17) is 24.9 Å². The van der Waals surface area contributed by atoms with Crippen LogP contribution in [-0.4, -0.2) is 72.2 Å². The van der Waals surface area contributed by atoms with Crippen molar-refractivity contribution in [3.8, 4) is 11.5 Å². The van der Waals surface area contributed by atoms with Gasteiger partial charge in [0.15, 0.2) is 18.1 Å². The van der Waals surface area contributed by atoms with Gasteiger partial charge in [-0.05, 0) is 44.5 Å². The lowest BCUT2D eigenvalue weighted by molar-refractivity contribution is -0.135. The molecule has 2 N–H and O–H groups in total. The third kappa shape index (κ3) is 6.59. The number of amides is 1. The third-order valence-electron chi connectivity index (χ3n) is 6.36. The fourth-order valence-electron chi connectivity index (χ4n) is 4.44. The van der Waals surface area contributed by atoms with Crippen molar-refractivity contribution < 1.29 is 23.8 Å². The molecule has 4 rings (SSSR count). The highest BCUT2D eigenvalue weighted by molar-refractivity contribution is 5.96. The van der Waals surface area contributed by atoms with Gasteiger partial charge in [-0.3, -0.25) is 14.7 Å². The molecule has 3 aromatic rings. The summed E-state index contributed by atoms with van der Waals surface area (Å²) in [5.41, 5.74) is 7.91. The largest absolute Gasteiger partial charge is 0.493 e. The fraction of sp³-hybridized carbons (Fsp3) is 0.414. The molecule has 0 spiro atoms. The average Bonchev–Trinajstić information content (AvgIpc) is 2.90. The SMILES string of the molecule is COc1ccc(CN)c(C(=O)OC(C)(C)C)c1OCC(=O)N1CCN(Cc2ccc3ccccc3n2)CC1. The summed E-state index contributed by atoms with van der Waals surface area (Å²) in [5.74, 6) is -0.235. The van der Waals surface area contributed by atoms with E-state index in [0.717, 1.165) is 36.2 Å². The fourth-order valence-corrected chi connectivity index (χ4v) is 4.44. The van der Waals surface area contributed by atoms with Gasteiger partial charge in [0.05, 0.1) is 18.3 Å². The number of benzene rings is 2. The molecule has 9 nitrogen and oxygen atoms in total. The number of fused-ring (bicyclic) bond motifs is 1. The van der Waals surface area contributed by atoms with Crippen molar-refractivity contribution >= 4 is 22.8 Å². The molecule has 1 aromatic heterocycles. The second kappa shape index (κ2) is 11.8. The van der Waals surface area contributed by atoms with Gasteiger partial charge in [0.1, 0.15) is 11.2 Å². The highest BCUT2D eigenvalue weighted by Gasteiger charge is 2.28. The lowest BCUT2D eigenvalue weighted by Crippen LogP contribution is -2.49. The molecule has 2 aromatic carbocycles. The summed E-state index contributed by atoms with van der Waals surface area (Å²) >= 11 is 0. The van der Waals surface area contributed by atoms with Crippen LogP contribution in [0.1, 0.15) is 42.4 Å². The Bertz CT molecular complexity index is 1300. The monoisotopic (exact) mass is 520 g/mol. The molecule has 38 heavy (non-hydrogen) atoms. The zero-order chi connectivity index (χ0) is 27.3. The van der Waals surface area contributed by atoms with Gasteiger partial charge in [-0.2, -0.15) is 0 Å². The van der Waals surface area contributed by atoms with Gasteiger partial charge in [0.2, 0.25) is 0 Å². The van der Waals surface area contributed by atoms with Crippen molar-refractivity contribution in [2.45, 2.75) is 39.5 Å². The predicted octanol–water partition coefficient (Wildman–Crippen LogP) is 3.38. The minimum atomic E-state index is -0.707. The first-order valence-corrected chi connectivity index (χ1v) is 12.8. The molecule has 1 fully saturated rings. The molecule has 0 aliphatic carbocycles. The van der Waals surface area contributed by atoms with Gasteiger partial charge < -0.3 is 24.8 Å². The quantitative estimate of drug-likeness (QED) is 0.451. The van der Waals surface area contributed by atoms with Crippen LogP contribution in [0.15, 0.2) is 48.5 Å². The molecule has 0 atom stereocenters. The number of para-hydroxylation sites is 1. The summed E-state index contributed by atoms with van der Waals surface area (Å²) in [5, 5.41) is 1.12. The molecule has 0 unspecified atom stereocenters. The van der Waals surface area contributed by atoms with Crippen molar-refractivity contribution in [1.29, 1.82) is 0 Å². The summed E-state index contributed by atoms with van der Waals surface area (Å²) in [6.07, 6.45) is 0. The molecular formula is C29H36N4O5. The number of ether oxygens (including phenoxy) is 3. The number of carbonyl (C=O) groups is 2. The number of rotatable bonds is 8. The third-order valence-corrected chi connectivity index (χ3v) is 6.36. The van der Waals surface area contributed by atoms with Gasteiger partial charge >= 0.3 is 5.97 Å². The van der Waals surface area contributed by atoms with E-state index >= 15 is 0 Å². The normalized spacial score (nSPS) is 14.4. The Morgan fingerprint density at radius 3 is 2.42 bits per heavy atom. The number of hydrogen-bond donors (Lipinski definition) is 1. The van der Waals surface area contributed by atoms with Crippen LogP contribution in [0, 0.1) is 0 Å². The Hall–Kier alpha value is -3.69. The molecule has 1 saturated heterocycles. The summed E-state index contributed by atoms with van der Waals surface area (Å²) < 4.78 is 16.9. The predicted molar refractivity (Wildman–Crippen MR) is 145 cm³/mol. The highest BCUT2D eigenvalue weighted by atomic mass is 16.6. The van der Waals surface area contributed by atoms with Crippen LogP contribution < -0.4 is 15.2 Å². The Kier molecular flexibility index (Phi) is 8.48. The van der Waals surface area contributed by atoms with Gasteiger partial charge in [-0.15, -0.1) is 0 Å². The Labute approximate surface area is 223 Å². The summed E-state index contributed by atoms with van der Waals surface area (Å²) in [7, 11) is 1.48. The minimum Gasteiger partial charge on any atom is -0.493 e. The zero-order valence-corrected chi connectivity index (χ0v) is 22.5. The first-order chi connectivity index (χ1) is 18.2.